The number of benzene rings is 1. The van der Waals surface area contributed by atoms with Gasteiger partial charge in [0.2, 0.25) is 0 Å². The summed E-state index contributed by atoms with van der Waals surface area (Å²) in [5.41, 5.74) is 1.56. The highest BCUT2D eigenvalue weighted by Gasteiger charge is 2.23. The molecular weight excluding hydrogens is 290 g/mol. The van der Waals surface area contributed by atoms with E-state index in [0.717, 1.165) is 29.8 Å². The molecule has 0 saturated carbocycles. The number of terminal acetylenes is 1. The summed E-state index contributed by atoms with van der Waals surface area (Å²) in [7, 11) is 0. The van der Waals surface area contributed by atoms with Crippen molar-refractivity contribution < 1.29 is 18.3 Å². The molecule has 1 aromatic heterocycles. The van der Waals surface area contributed by atoms with E-state index < -0.39 is 17.7 Å². The number of alkyl carbamates (subject to hydrolysis) is 1. The number of carbonyl (C=O) groups is 1. The smallest absolute Gasteiger partial charge is 0.407 e. The first kappa shape index (κ1) is 15.4. The molecule has 6 heteroatoms. The number of nitrogens with one attached hydrogen (secondary N) is 1. The van der Waals surface area contributed by atoms with Gasteiger partial charge in [0, 0.05) is 18.0 Å². The monoisotopic (exact) mass is 302 g/mol. The number of nitrogens with zero attached hydrogens (tertiary/aromatic N) is 1. The molecule has 22 heavy (non-hydrogen) atoms. The molecule has 1 N–H and O–H groups in total. The van der Waals surface area contributed by atoms with Gasteiger partial charge in [0.15, 0.2) is 0 Å². The molecule has 3 rings (SSSR count). The van der Waals surface area contributed by atoms with Crippen molar-refractivity contribution in [3.05, 3.63) is 65.5 Å². The SMILES string of the molecule is C#Cc1cncc(C2COC(=O)N2)c1.Fc1ccc(F)cc1. The highest BCUT2D eigenvalue weighted by Crippen LogP contribution is 2.17. The molecule has 1 saturated heterocycles. The van der Waals surface area contributed by atoms with Gasteiger partial charge < -0.3 is 10.1 Å². The van der Waals surface area contributed by atoms with Gasteiger partial charge in [-0.25, -0.2) is 13.6 Å². The van der Waals surface area contributed by atoms with Crippen molar-refractivity contribution in [3.8, 4) is 12.3 Å². The molecule has 0 radical (unpaired) electrons. The summed E-state index contributed by atoms with van der Waals surface area (Å²) in [4.78, 5) is 14.8. The number of ether oxygens (including phenoxy) is 1. The molecule has 1 aliphatic rings. The van der Waals surface area contributed by atoms with Crippen molar-refractivity contribution in [3.63, 3.8) is 0 Å². The molecule has 2 aromatic rings. The first-order chi connectivity index (χ1) is 10.6. The first-order valence-corrected chi connectivity index (χ1v) is 6.34. The second-order valence-corrected chi connectivity index (χ2v) is 4.38. The molecule has 1 atom stereocenters. The van der Waals surface area contributed by atoms with Crippen molar-refractivity contribution >= 4 is 6.09 Å². The minimum absolute atomic E-state index is 0.136. The molecule has 112 valence electrons. The number of halogens is 2. The fourth-order valence-electron chi connectivity index (χ4n) is 1.72. The third kappa shape index (κ3) is 4.28. The fraction of sp³-hybridized carbons (Fsp3) is 0.125. The van der Waals surface area contributed by atoms with Gasteiger partial charge in [-0.1, -0.05) is 5.92 Å². The van der Waals surface area contributed by atoms with Crippen LogP contribution in [0.25, 0.3) is 0 Å². The Kier molecular flexibility index (Phi) is 5.04. The molecule has 1 aliphatic heterocycles. The Hall–Kier alpha value is -2.94. The number of amides is 1. The zero-order valence-corrected chi connectivity index (χ0v) is 11.4. The summed E-state index contributed by atoms with van der Waals surface area (Å²) in [6.45, 7) is 0.328. The molecule has 1 unspecified atom stereocenters. The van der Waals surface area contributed by atoms with E-state index in [-0.39, 0.29) is 6.04 Å². The first-order valence-electron chi connectivity index (χ1n) is 6.34. The van der Waals surface area contributed by atoms with Crippen LogP contribution < -0.4 is 5.32 Å². The van der Waals surface area contributed by atoms with Crippen LogP contribution in [0, 0.1) is 24.0 Å². The van der Waals surface area contributed by atoms with Crippen LogP contribution in [0.2, 0.25) is 0 Å². The second kappa shape index (κ2) is 7.18. The average Bonchev–Trinajstić information content (AvgIpc) is 2.97. The van der Waals surface area contributed by atoms with Gasteiger partial charge in [0.05, 0.1) is 6.04 Å². The molecular formula is C16H12F2N2O2. The van der Waals surface area contributed by atoms with Gasteiger partial charge in [-0.05, 0) is 35.9 Å². The lowest BCUT2D eigenvalue weighted by Gasteiger charge is -2.06. The minimum atomic E-state index is -0.411. The highest BCUT2D eigenvalue weighted by atomic mass is 19.1. The molecule has 0 aliphatic carbocycles. The van der Waals surface area contributed by atoms with Crippen LogP contribution in [0.3, 0.4) is 0 Å². The summed E-state index contributed by atoms with van der Waals surface area (Å²) >= 11 is 0. The highest BCUT2D eigenvalue weighted by molar-refractivity contribution is 5.70. The number of hydrogen-bond acceptors (Lipinski definition) is 3. The van der Waals surface area contributed by atoms with Crippen LogP contribution in [0.1, 0.15) is 17.2 Å². The van der Waals surface area contributed by atoms with Crippen LogP contribution >= 0.6 is 0 Å². The topological polar surface area (TPSA) is 51.2 Å². The molecule has 1 amide bonds. The Morgan fingerprint density at radius 3 is 2.36 bits per heavy atom. The van der Waals surface area contributed by atoms with Crippen LogP contribution in [-0.2, 0) is 4.74 Å². The van der Waals surface area contributed by atoms with Crippen molar-refractivity contribution in [2.45, 2.75) is 6.04 Å². The third-order valence-electron chi connectivity index (χ3n) is 2.81. The Balaban J connectivity index is 0.000000188. The van der Waals surface area contributed by atoms with Crippen molar-refractivity contribution in [1.82, 2.24) is 10.3 Å². The van der Waals surface area contributed by atoms with E-state index >= 15 is 0 Å². The summed E-state index contributed by atoms with van der Waals surface area (Å²) in [6.07, 6.45) is 8.10. The molecule has 1 aromatic carbocycles. The number of cyclic esters (lactones) is 1. The Bertz CT molecular complexity index is 675. The summed E-state index contributed by atoms with van der Waals surface area (Å²) < 4.78 is 28.6. The van der Waals surface area contributed by atoms with E-state index in [9.17, 15) is 13.6 Å². The number of aromatic nitrogens is 1. The van der Waals surface area contributed by atoms with E-state index in [4.69, 9.17) is 11.2 Å². The van der Waals surface area contributed by atoms with Gasteiger partial charge >= 0.3 is 6.09 Å². The van der Waals surface area contributed by atoms with E-state index in [0.29, 0.717) is 12.2 Å². The largest absolute Gasteiger partial charge is 0.447 e. The van der Waals surface area contributed by atoms with Crippen molar-refractivity contribution in [2.24, 2.45) is 0 Å². The quantitative estimate of drug-likeness (QED) is 0.824. The van der Waals surface area contributed by atoms with Crippen LogP contribution in [-0.4, -0.2) is 17.7 Å². The van der Waals surface area contributed by atoms with E-state index in [1.165, 1.54) is 0 Å². The Morgan fingerprint density at radius 2 is 1.86 bits per heavy atom. The standard InChI is InChI=1S/C10H8N2O2.C6H4F2/c1-2-7-3-8(5-11-4-7)9-6-14-10(13)12-9;7-5-1-2-6(8)4-3-5/h1,3-5,9H,6H2,(H,12,13);1-4H. The fourth-order valence-corrected chi connectivity index (χ4v) is 1.72. The van der Waals surface area contributed by atoms with Gasteiger partial charge in [0.1, 0.15) is 18.2 Å². The molecule has 0 spiro atoms. The number of pyridine rings is 1. The molecule has 1 fully saturated rings. The van der Waals surface area contributed by atoms with Crippen molar-refractivity contribution in [2.75, 3.05) is 6.61 Å². The second-order valence-electron chi connectivity index (χ2n) is 4.38. The van der Waals surface area contributed by atoms with Crippen LogP contribution in [0.5, 0.6) is 0 Å². The van der Waals surface area contributed by atoms with Crippen molar-refractivity contribution in [1.29, 1.82) is 0 Å². The minimum Gasteiger partial charge on any atom is -0.447 e. The zero-order chi connectivity index (χ0) is 15.9. The van der Waals surface area contributed by atoms with Crippen LogP contribution in [0.4, 0.5) is 13.6 Å². The van der Waals surface area contributed by atoms with Gasteiger partial charge in [0.25, 0.3) is 0 Å². The van der Waals surface area contributed by atoms with E-state index in [2.05, 4.69) is 16.2 Å². The van der Waals surface area contributed by atoms with Gasteiger partial charge in [-0.2, -0.15) is 0 Å². The lowest BCUT2D eigenvalue weighted by atomic mass is 10.1. The number of rotatable bonds is 1. The zero-order valence-electron chi connectivity index (χ0n) is 11.4. The van der Waals surface area contributed by atoms with Gasteiger partial charge in [-0.15, -0.1) is 6.42 Å². The average molecular weight is 302 g/mol. The number of carbonyl (C=O) groups excluding carboxylic acids is 1. The molecule has 4 nitrogen and oxygen atoms in total. The Morgan fingerprint density at radius 1 is 1.23 bits per heavy atom. The summed E-state index contributed by atoms with van der Waals surface area (Å²) in [6, 6.07) is 5.99. The maximum atomic E-state index is 11.9. The maximum Gasteiger partial charge on any atom is 0.407 e. The molecule has 0 bridgehead atoms. The summed E-state index contributed by atoms with van der Waals surface area (Å²) in [5, 5.41) is 2.65. The normalized spacial score (nSPS) is 15.9. The predicted molar refractivity (Wildman–Crippen MR) is 75.8 cm³/mol. The number of hydrogen-bond donors (Lipinski definition) is 1. The third-order valence-corrected chi connectivity index (χ3v) is 2.81. The maximum absolute atomic E-state index is 11.9. The lowest BCUT2D eigenvalue weighted by Crippen LogP contribution is -2.18. The lowest BCUT2D eigenvalue weighted by molar-refractivity contribution is 0.177. The van der Waals surface area contributed by atoms with Gasteiger partial charge in [-0.3, -0.25) is 4.98 Å². The van der Waals surface area contributed by atoms with Crippen LogP contribution in [0.15, 0.2) is 42.7 Å². The molecule has 2 heterocycles. The Labute approximate surface area is 126 Å². The van der Waals surface area contributed by atoms with E-state index in [1.54, 1.807) is 12.4 Å². The predicted octanol–water partition coefficient (Wildman–Crippen LogP) is 2.81. The van der Waals surface area contributed by atoms with E-state index in [1.807, 2.05) is 6.07 Å². The summed E-state index contributed by atoms with van der Waals surface area (Å²) in [5.74, 6) is 1.66.